The van der Waals surface area contributed by atoms with Gasteiger partial charge >= 0.3 is 0 Å². The zero-order chi connectivity index (χ0) is 19.1. The van der Waals surface area contributed by atoms with Gasteiger partial charge in [0.05, 0.1) is 0 Å². The molecule has 2 heterocycles. The number of nitrogens with two attached hydrogens (primary N) is 1. The Labute approximate surface area is 157 Å². The van der Waals surface area contributed by atoms with Crippen LogP contribution in [0.4, 0.5) is 0 Å². The predicted octanol–water partition coefficient (Wildman–Crippen LogP) is 4.46. The van der Waals surface area contributed by atoms with E-state index in [1.54, 1.807) is 0 Å². The van der Waals surface area contributed by atoms with Crippen molar-refractivity contribution in [2.45, 2.75) is 116 Å². The summed E-state index contributed by atoms with van der Waals surface area (Å²) in [4.78, 5) is 0. The van der Waals surface area contributed by atoms with Crippen LogP contribution in [-0.2, 0) is 0 Å². The molecule has 3 heteroatoms. The predicted molar refractivity (Wildman–Crippen MR) is 110 cm³/mol. The summed E-state index contributed by atoms with van der Waals surface area (Å²) < 4.78 is 0. The van der Waals surface area contributed by atoms with E-state index in [0.29, 0.717) is 0 Å². The molecule has 0 saturated carbocycles. The molecule has 2 saturated heterocycles. The topological polar surface area (TPSA) is 50.1 Å². The van der Waals surface area contributed by atoms with E-state index >= 15 is 0 Å². The van der Waals surface area contributed by atoms with E-state index in [1.807, 2.05) is 0 Å². The maximum Gasteiger partial charge on any atom is 0.0132 e. The second-order valence-corrected chi connectivity index (χ2v) is 11.7. The quantitative estimate of drug-likeness (QED) is 0.685. The minimum Gasteiger partial charge on any atom is -0.330 e. The summed E-state index contributed by atoms with van der Waals surface area (Å²) in [5, 5.41) is 7.74. The molecule has 0 amide bonds. The lowest BCUT2D eigenvalue weighted by atomic mass is 9.61. The molecular weight excluding hydrogens is 306 g/mol. The van der Waals surface area contributed by atoms with Gasteiger partial charge < -0.3 is 16.4 Å². The zero-order valence-corrected chi connectivity index (χ0v) is 18.3. The Morgan fingerprint density at radius 1 is 0.720 bits per heavy atom. The van der Waals surface area contributed by atoms with Gasteiger partial charge in [-0.3, -0.25) is 0 Å². The molecule has 2 rings (SSSR count). The van der Waals surface area contributed by atoms with Gasteiger partial charge in [-0.2, -0.15) is 0 Å². The molecule has 148 valence electrons. The summed E-state index contributed by atoms with van der Waals surface area (Å²) in [5.74, 6) is 2.39. The third-order valence-corrected chi connectivity index (χ3v) is 6.40. The van der Waals surface area contributed by atoms with Crippen LogP contribution in [0.1, 0.15) is 93.9 Å². The number of hydrogen-bond acceptors (Lipinski definition) is 3. The first kappa shape index (κ1) is 21.2. The molecule has 0 aromatic rings. The number of rotatable bonds is 5. The molecule has 0 spiro atoms. The summed E-state index contributed by atoms with van der Waals surface area (Å²) in [5.41, 5.74) is 6.83. The van der Waals surface area contributed by atoms with Crippen LogP contribution >= 0.6 is 0 Å². The van der Waals surface area contributed by atoms with Gasteiger partial charge in [0.15, 0.2) is 0 Å². The fourth-order valence-corrected chi connectivity index (χ4v) is 6.62. The lowest BCUT2D eigenvalue weighted by molar-refractivity contribution is 0.0211. The van der Waals surface area contributed by atoms with Gasteiger partial charge in [0.2, 0.25) is 0 Å². The van der Waals surface area contributed by atoms with Crippen LogP contribution in [0.25, 0.3) is 0 Å². The molecule has 2 aliphatic heterocycles. The van der Waals surface area contributed by atoms with E-state index in [9.17, 15) is 0 Å². The molecular formula is C22H45N3. The Balaban J connectivity index is 2.26. The van der Waals surface area contributed by atoms with Gasteiger partial charge in [-0.05, 0) is 118 Å². The first-order valence-electron chi connectivity index (χ1n) is 10.5. The van der Waals surface area contributed by atoms with Gasteiger partial charge in [-0.25, -0.2) is 0 Å². The number of nitrogens with one attached hydrogen (secondary N) is 2. The fourth-order valence-electron chi connectivity index (χ4n) is 6.62. The van der Waals surface area contributed by atoms with Crippen LogP contribution in [0.3, 0.4) is 0 Å². The highest BCUT2D eigenvalue weighted by Gasteiger charge is 2.46. The lowest BCUT2D eigenvalue weighted by Gasteiger charge is -2.54. The Bertz CT molecular complexity index is 380. The van der Waals surface area contributed by atoms with Gasteiger partial charge in [0.25, 0.3) is 0 Å². The molecule has 0 aromatic carbocycles. The van der Waals surface area contributed by atoms with Crippen molar-refractivity contribution < 1.29 is 0 Å². The normalized spacial score (nSPS) is 29.0. The lowest BCUT2D eigenvalue weighted by Crippen LogP contribution is -2.61. The Morgan fingerprint density at radius 2 is 1.04 bits per heavy atom. The Morgan fingerprint density at radius 3 is 1.32 bits per heavy atom. The van der Waals surface area contributed by atoms with Crippen molar-refractivity contribution in [1.29, 1.82) is 0 Å². The van der Waals surface area contributed by atoms with Crippen LogP contribution in [0.2, 0.25) is 0 Å². The van der Waals surface area contributed by atoms with E-state index < -0.39 is 0 Å². The van der Waals surface area contributed by atoms with Gasteiger partial charge in [-0.1, -0.05) is 0 Å². The Kier molecular flexibility index (Phi) is 6.04. The molecule has 0 atom stereocenters. The molecule has 0 unspecified atom stereocenters. The molecule has 4 N–H and O–H groups in total. The fraction of sp³-hybridized carbons (Fsp3) is 1.00. The van der Waals surface area contributed by atoms with Gasteiger partial charge in [0.1, 0.15) is 0 Å². The SMILES string of the molecule is CC1(C)CC(C(CCCN)C2CC(C)(C)NC(C)(C)C2)CC(C)(C)N1. The van der Waals surface area contributed by atoms with Crippen molar-refractivity contribution in [3.8, 4) is 0 Å². The molecule has 0 bridgehead atoms. The molecule has 0 aliphatic carbocycles. The maximum absolute atomic E-state index is 5.92. The second kappa shape index (κ2) is 7.13. The standard InChI is InChI=1S/C22H45N3/c1-19(2)12-16(13-20(3,4)24-19)18(10-9-11-23)17-14-21(5,6)25-22(7,8)15-17/h16-18,24-25H,9-15,23H2,1-8H3. The van der Waals surface area contributed by atoms with E-state index in [-0.39, 0.29) is 22.2 Å². The summed E-state index contributed by atoms with van der Waals surface area (Å²) in [6, 6.07) is 0. The van der Waals surface area contributed by atoms with Crippen LogP contribution in [-0.4, -0.2) is 28.7 Å². The molecule has 3 nitrogen and oxygen atoms in total. The third kappa shape index (κ3) is 5.94. The van der Waals surface area contributed by atoms with Crippen LogP contribution in [0.15, 0.2) is 0 Å². The summed E-state index contributed by atoms with van der Waals surface area (Å²) >= 11 is 0. The largest absolute Gasteiger partial charge is 0.330 e. The minimum absolute atomic E-state index is 0.228. The van der Waals surface area contributed by atoms with Crippen molar-refractivity contribution in [1.82, 2.24) is 10.6 Å². The molecule has 0 aromatic heterocycles. The van der Waals surface area contributed by atoms with Crippen molar-refractivity contribution in [3.05, 3.63) is 0 Å². The summed E-state index contributed by atoms with van der Waals surface area (Å²) in [6.45, 7) is 19.9. The maximum atomic E-state index is 5.92. The summed E-state index contributed by atoms with van der Waals surface area (Å²) in [7, 11) is 0. The average molecular weight is 352 g/mol. The molecule has 2 aliphatic rings. The van der Waals surface area contributed by atoms with E-state index in [2.05, 4.69) is 66.0 Å². The number of hydrogen-bond donors (Lipinski definition) is 3. The monoisotopic (exact) mass is 351 g/mol. The first-order valence-corrected chi connectivity index (χ1v) is 10.5. The highest BCUT2D eigenvalue weighted by Crippen LogP contribution is 2.47. The second-order valence-electron chi connectivity index (χ2n) is 11.7. The van der Waals surface area contributed by atoms with Crippen LogP contribution < -0.4 is 16.4 Å². The van der Waals surface area contributed by atoms with E-state index in [1.165, 1.54) is 38.5 Å². The third-order valence-electron chi connectivity index (χ3n) is 6.40. The van der Waals surface area contributed by atoms with E-state index in [0.717, 1.165) is 24.3 Å². The Hall–Kier alpha value is -0.120. The number of piperidine rings is 2. The summed E-state index contributed by atoms with van der Waals surface area (Å²) in [6.07, 6.45) is 7.62. The van der Waals surface area contributed by atoms with Crippen LogP contribution in [0.5, 0.6) is 0 Å². The first-order chi connectivity index (χ1) is 11.2. The zero-order valence-electron chi connectivity index (χ0n) is 18.3. The van der Waals surface area contributed by atoms with Gasteiger partial charge in [-0.15, -0.1) is 0 Å². The average Bonchev–Trinajstić information content (AvgIpc) is 2.31. The van der Waals surface area contributed by atoms with Crippen molar-refractivity contribution in [2.24, 2.45) is 23.5 Å². The van der Waals surface area contributed by atoms with Crippen molar-refractivity contribution in [2.75, 3.05) is 6.54 Å². The molecule has 2 fully saturated rings. The van der Waals surface area contributed by atoms with Gasteiger partial charge in [0, 0.05) is 22.2 Å². The highest BCUT2D eigenvalue weighted by molar-refractivity contribution is 5.03. The molecule has 0 radical (unpaired) electrons. The van der Waals surface area contributed by atoms with E-state index in [4.69, 9.17) is 5.73 Å². The molecule has 25 heavy (non-hydrogen) atoms. The highest BCUT2D eigenvalue weighted by atomic mass is 15.1. The smallest absolute Gasteiger partial charge is 0.0132 e. The van der Waals surface area contributed by atoms with Crippen LogP contribution in [0, 0.1) is 17.8 Å². The minimum atomic E-state index is 0.228. The van der Waals surface area contributed by atoms with Crippen molar-refractivity contribution in [3.63, 3.8) is 0 Å². The van der Waals surface area contributed by atoms with Crippen molar-refractivity contribution >= 4 is 0 Å².